The standard InChI is InChI=1S/C22H24O5/c1-6-7-26-22-13(2)8-15(9-14(22)3)18-12-17(23)21-19(25-5)10-16(24-4)11-20(21)27-18/h8-12H,6-7H2,1-5H3. The molecule has 5 nitrogen and oxygen atoms in total. The number of rotatable bonds is 6. The highest BCUT2D eigenvalue weighted by atomic mass is 16.5. The van der Waals surface area contributed by atoms with Crippen LogP contribution in [0.25, 0.3) is 22.3 Å². The van der Waals surface area contributed by atoms with Crippen LogP contribution in [0.5, 0.6) is 17.2 Å². The second-order valence-corrected chi connectivity index (χ2v) is 6.47. The molecule has 0 amide bonds. The molecule has 0 bridgehead atoms. The molecule has 0 unspecified atom stereocenters. The van der Waals surface area contributed by atoms with E-state index >= 15 is 0 Å². The van der Waals surface area contributed by atoms with Gasteiger partial charge in [0.15, 0.2) is 5.43 Å². The van der Waals surface area contributed by atoms with Gasteiger partial charge in [-0.25, -0.2) is 0 Å². The Hall–Kier alpha value is -2.95. The van der Waals surface area contributed by atoms with E-state index < -0.39 is 0 Å². The summed E-state index contributed by atoms with van der Waals surface area (Å²) in [5.74, 6) is 2.37. The van der Waals surface area contributed by atoms with Crippen LogP contribution < -0.4 is 19.6 Å². The number of benzene rings is 2. The van der Waals surface area contributed by atoms with Crippen molar-refractivity contribution in [3.05, 3.63) is 51.7 Å². The molecular weight excluding hydrogens is 344 g/mol. The maximum atomic E-state index is 12.7. The minimum Gasteiger partial charge on any atom is -0.496 e. The fourth-order valence-electron chi connectivity index (χ4n) is 3.17. The Balaban J connectivity index is 2.16. The van der Waals surface area contributed by atoms with E-state index in [9.17, 15) is 4.79 Å². The Morgan fingerprint density at radius 2 is 1.67 bits per heavy atom. The topological polar surface area (TPSA) is 57.9 Å². The summed E-state index contributed by atoms with van der Waals surface area (Å²) in [7, 11) is 3.08. The number of ether oxygens (including phenoxy) is 3. The van der Waals surface area contributed by atoms with Crippen LogP contribution in [-0.4, -0.2) is 20.8 Å². The molecule has 3 aromatic rings. The van der Waals surface area contributed by atoms with Gasteiger partial charge in [-0.15, -0.1) is 0 Å². The third-order valence-electron chi connectivity index (χ3n) is 4.42. The molecule has 142 valence electrons. The van der Waals surface area contributed by atoms with Crippen molar-refractivity contribution in [2.45, 2.75) is 27.2 Å². The summed E-state index contributed by atoms with van der Waals surface area (Å²) in [4.78, 5) is 12.7. The van der Waals surface area contributed by atoms with E-state index in [1.165, 1.54) is 13.2 Å². The van der Waals surface area contributed by atoms with Gasteiger partial charge >= 0.3 is 0 Å². The van der Waals surface area contributed by atoms with Crippen molar-refractivity contribution in [1.82, 2.24) is 0 Å². The van der Waals surface area contributed by atoms with Crippen molar-refractivity contribution < 1.29 is 18.6 Å². The largest absolute Gasteiger partial charge is 0.496 e. The molecule has 0 atom stereocenters. The van der Waals surface area contributed by atoms with E-state index in [0.29, 0.717) is 34.8 Å². The van der Waals surface area contributed by atoms with Gasteiger partial charge in [-0.3, -0.25) is 4.79 Å². The summed E-state index contributed by atoms with van der Waals surface area (Å²) in [5, 5.41) is 0.401. The normalized spacial score (nSPS) is 10.9. The lowest BCUT2D eigenvalue weighted by molar-refractivity contribution is 0.313. The lowest BCUT2D eigenvalue weighted by atomic mass is 10.0. The fraction of sp³-hybridized carbons (Fsp3) is 0.318. The minimum atomic E-state index is -0.160. The highest BCUT2D eigenvalue weighted by Crippen LogP contribution is 2.34. The molecule has 27 heavy (non-hydrogen) atoms. The van der Waals surface area contributed by atoms with Crippen molar-refractivity contribution in [2.75, 3.05) is 20.8 Å². The zero-order valence-corrected chi connectivity index (χ0v) is 16.3. The Kier molecular flexibility index (Phi) is 5.40. The monoisotopic (exact) mass is 368 g/mol. The Bertz CT molecular complexity index is 1010. The molecule has 5 heteroatoms. The van der Waals surface area contributed by atoms with Crippen LogP contribution >= 0.6 is 0 Å². The van der Waals surface area contributed by atoms with Crippen LogP contribution in [0.3, 0.4) is 0 Å². The van der Waals surface area contributed by atoms with Gasteiger partial charge in [0.1, 0.15) is 34.0 Å². The van der Waals surface area contributed by atoms with Crippen molar-refractivity contribution in [2.24, 2.45) is 0 Å². The molecule has 0 aliphatic carbocycles. The first-order chi connectivity index (χ1) is 13.0. The Morgan fingerprint density at radius 1 is 0.963 bits per heavy atom. The summed E-state index contributed by atoms with van der Waals surface area (Å²) >= 11 is 0. The number of aryl methyl sites for hydroxylation is 2. The highest BCUT2D eigenvalue weighted by molar-refractivity contribution is 5.86. The van der Waals surface area contributed by atoms with Crippen LogP contribution in [-0.2, 0) is 0 Å². The molecule has 0 fully saturated rings. The van der Waals surface area contributed by atoms with Gasteiger partial charge in [0.2, 0.25) is 0 Å². The first-order valence-corrected chi connectivity index (χ1v) is 8.92. The molecule has 0 saturated heterocycles. The SMILES string of the molecule is CCCOc1c(C)cc(-c2cc(=O)c3c(OC)cc(OC)cc3o2)cc1C. The van der Waals surface area contributed by atoms with Crippen molar-refractivity contribution in [3.8, 4) is 28.6 Å². The van der Waals surface area contributed by atoms with Crippen LogP contribution in [0.2, 0.25) is 0 Å². The minimum absolute atomic E-state index is 0.160. The zero-order chi connectivity index (χ0) is 19.6. The smallest absolute Gasteiger partial charge is 0.197 e. The third kappa shape index (κ3) is 3.63. The molecule has 2 aromatic carbocycles. The number of fused-ring (bicyclic) bond motifs is 1. The van der Waals surface area contributed by atoms with Crippen molar-refractivity contribution >= 4 is 11.0 Å². The zero-order valence-electron chi connectivity index (χ0n) is 16.3. The molecule has 1 aromatic heterocycles. The average molecular weight is 368 g/mol. The van der Waals surface area contributed by atoms with Crippen molar-refractivity contribution in [1.29, 1.82) is 0 Å². The van der Waals surface area contributed by atoms with E-state index in [-0.39, 0.29) is 5.43 Å². The van der Waals surface area contributed by atoms with Gasteiger partial charge in [-0.05, 0) is 43.5 Å². The maximum absolute atomic E-state index is 12.7. The Morgan fingerprint density at radius 3 is 2.26 bits per heavy atom. The summed E-state index contributed by atoms with van der Waals surface area (Å²) in [5.41, 5.74) is 3.10. The highest BCUT2D eigenvalue weighted by Gasteiger charge is 2.15. The fourth-order valence-corrected chi connectivity index (χ4v) is 3.17. The van der Waals surface area contributed by atoms with Gasteiger partial charge in [-0.1, -0.05) is 6.92 Å². The number of methoxy groups -OCH3 is 2. The molecular formula is C22H24O5. The molecule has 0 N–H and O–H groups in total. The number of hydrogen-bond acceptors (Lipinski definition) is 5. The predicted molar refractivity (Wildman–Crippen MR) is 106 cm³/mol. The van der Waals surface area contributed by atoms with Crippen molar-refractivity contribution in [3.63, 3.8) is 0 Å². The third-order valence-corrected chi connectivity index (χ3v) is 4.42. The molecule has 1 heterocycles. The van der Waals surface area contributed by atoms with E-state index in [4.69, 9.17) is 18.6 Å². The van der Waals surface area contributed by atoms with Crippen LogP contribution in [0.15, 0.2) is 39.5 Å². The van der Waals surface area contributed by atoms with Gasteiger partial charge in [0, 0.05) is 23.8 Å². The molecule has 0 aliphatic heterocycles. The second-order valence-electron chi connectivity index (χ2n) is 6.47. The molecule has 0 radical (unpaired) electrons. The van der Waals surface area contributed by atoms with E-state index in [2.05, 4.69) is 6.92 Å². The molecule has 0 aliphatic rings. The van der Waals surface area contributed by atoms with Crippen LogP contribution in [0.1, 0.15) is 24.5 Å². The Labute approximate surface area is 158 Å². The summed E-state index contributed by atoms with van der Waals surface area (Å²) in [6, 6.07) is 8.81. The predicted octanol–water partition coefficient (Wildman–Crippen LogP) is 4.88. The van der Waals surface area contributed by atoms with Gasteiger partial charge < -0.3 is 18.6 Å². The van der Waals surface area contributed by atoms with Gasteiger partial charge in [0.05, 0.1) is 20.8 Å². The second kappa shape index (κ2) is 7.74. The molecule has 0 saturated carbocycles. The first-order valence-electron chi connectivity index (χ1n) is 8.92. The first kappa shape index (κ1) is 18.8. The average Bonchev–Trinajstić information content (AvgIpc) is 2.66. The van der Waals surface area contributed by atoms with E-state index in [0.717, 1.165) is 28.9 Å². The lowest BCUT2D eigenvalue weighted by Gasteiger charge is -2.14. The summed E-state index contributed by atoms with van der Waals surface area (Å²) in [6.45, 7) is 6.73. The maximum Gasteiger partial charge on any atom is 0.197 e. The summed E-state index contributed by atoms with van der Waals surface area (Å²) < 4.78 is 22.5. The van der Waals surface area contributed by atoms with E-state index in [1.807, 2.05) is 26.0 Å². The molecule has 3 rings (SSSR count). The quantitative estimate of drug-likeness (QED) is 0.620. The van der Waals surface area contributed by atoms with Crippen LogP contribution in [0.4, 0.5) is 0 Å². The summed E-state index contributed by atoms with van der Waals surface area (Å²) in [6.07, 6.45) is 0.948. The molecule has 0 spiro atoms. The van der Waals surface area contributed by atoms with E-state index in [1.54, 1.807) is 19.2 Å². The van der Waals surface area contributed by atoms with Gasteiger partial charge in [-0.2, -0.15) is 0 Å². The lowest BCUT2D eigenvalue weighted by Crippen LogP contribution is -2.04. The number of hydrogen-bond donors (Lipinski definition) is 0. The van der Waals surface area contributed by atoms with Crippen LogP contribution in [0, 0.1) is 13.8 Å². The van der Waals surface area contributed by atoms with Gasteiger partial charge in [0.25, 0.3) is 0 Å².